The summed E-state index contributed by atoms with van der Waals surface area (Å²) in [5.41, 5.74) is 0.574. The monoisotopic (exact) mass is 317 g/mol. The number of piperidine rings is 1. The van der Waals surface area contributed by atoms with E-state index in [2.05, 4.69) is 10.1 Å². The molecule has 1 aromatic carbocycles. The first-order valence-electron chi connectivity index (χ1n) is 7.93. The maximum Gasteiger partial charge on any atom is 0.324 e. The largest absolute Gasteiger partial charge is 0.324 e. The summed E-state index contributed by atoms with van der Waals surface area (Å²) in [4.78, 5) is 18.9. The number of hydrogen-bond acceptors (Lipinski definition) is 5. The fraction of sp³-hybridized carbons (Fsp3) is 0.471. The number of rotatable bonds is 4. The standard InChI is InChI=1S/C17H20FN3O2/c1-11(2)16-19-17(23-20-16)21-9-7-13(8-10-21)15(22)12-3-5-14(18)6-4-12/h3-6,11,13H,7-10H2,1-2H3. The minimum atomic E-state index is -0.325. The lowest BCUT2D eigenvalue weighted by molar-refractivity contribution is 0.0899. The molecular formula is C17H20FN3O2. The van der Waals surface area contributed by atoms with Crippen LogP contribution in [0.25, 0.3) is 0 Å². The van der Waals surface area contributed by atoms with Crippen molar-refractivity contribution in [3.8, 4) is 0 Å². The van der Waals surface area contributed by atoms with Gasteiger partial charge in [0.1, 0.15) is 5.82 Å². The minimum Gasteiger partial charge on any atom is -0.324 e. The van der Waals surface area contributed by atoms with E-state index in [-0.39, 0.29) is 23.4 Å². The summed E-state index contributed by atoms with van der Waals surface area (Å²) in [6.07, 6.45) is 1.46. The molecule has 1 aliphatic rings. The Morgan fingerprint density at radius 2 is 1.91 bits per heavy atom. The Bertz CT molecular complexity index is 673. The van der Waals surface area contributed by atoms with E-state index in [0.717, 1.165) is 12.8 Å². The number of nitrogens with zero attached hydrogens (tertiary/aromatic N) is 3. The van der Waals surface area contributed by atoms with E-state index in [1.165, 1.54) is 12.1 Å². The molecule has 0 aliphatic carbocycles. The zero-order valence-electron chi connectivity index (χ0n) is 13.3. The average Bonchev–Trinajstić information content (AvgIpc) is 3.05. The molecule has 0 unspecified atom stereocenters. The smallest absolute Gasteiger partial charge is 0.324 e. The zero-order chi connectivity index (χ0) is 16.4. The summed E-state index contributed by atoms with van der Waals surface area (Å²) < 4.78 is 18.2. The van der Waals surface area contributed by atoms with Crippen LogP contribution in [-0.4, -0.2) is 29.0 Å². The number of aromatic nitrogens is 2. The predicted molar refractivity (Wildman–Crippen MR) is 84.1 cm³/mol. The lowest BCUT2D eigenvalue weighted by Gasteiger charge is -2.29. The van der Waals surface area contributed by atoms with Gasteiger partial charge in [-0.3, -0.25) is 4.79 Å². The number of carbonyl (C=O) groups excluding carboxylic acids is 1. The highest BCUT2D eigenvalue weighted by atomic mass is 19.1. The average molecular weight is 317 g/mol. The van der Waals surface area contributed by atoms with E-state index in [1.807, 2.05) is 18.7 Å². The molecule has 2 heterocycles. The molecule has 0 atom stereocenters. The molecule has 0 radical (unpaired) electrons. The number of benzene rings is 1. The Balaban J connectivity index is 1.61. The molecule has 5 nitrogen and oxygen atoms in total. The Morgan fingerprint density at radius 1 is 1.26 bits per heavy atom. The molecule has 2 aromatic rings. The fourth-order valence-corrected chi connectivity index (χ4v) is 2.77. The van der Waals surface area contributed by atoms with Gasteiger partial charge in [-0.15, -0.1) is 0 Å². The molecule has 0 amide bonds. The van der Waals surface area contributed by atoms with Crippen molar-refractivity contribution in [3.05, 3.63) is 41.5 Å². The van der Waals surface area contributed by atoms with E-state index in [0.29, 0.717) is 30.5 Å². The van der Waals surface area contributed by atoms with Crippen molar-refractivity contribution < 1.29 is 13.7 Å². The number of halogens is 1. The topological polar surface area (TPSA) is 59.2 Å². The van der Waals surface area contributed by atoms with Gasteiger partial charge in [0.2, 0.25) is 0 Å². The van der Waals surface area contributed by atoms with Crippen LogP contribution in [0.2, 0.25) is 0 Å². The van der Waals surface area contributed by atoms with Crippen molar-refractivity contribution in [2.45, 2.75) is 32.6 Å². The number of ketones is 1. The third-order valence-electron chi connectivity index (χ3n) is 4.21. The quantitative estimate of drug-likeness (QED) is 0.809. The van der Waals surface area contributed by atoms with Gasteiger partial charge in [0.15, 0.2) is 11.6 Å². The van der Waals surface area contributed by atoms with Crippen LogP contribution in [0.4, 0.5) is 10.4 Å². The molecule has 6 heteroatoms. The van der Waals surface area contributed by atoms with Crippen LogP contribution >= 0.6 is 0 Å². The SMILES string of the molecule is CC(C)c1noc(N2CCC(C(=O)c3ccc(F)cc3)CC2)n1. The van der Waals surface area contributed by atoms with Crippen LogP contribution in [0.1, 0.15) is 48.8 Å². The molecule has 1 fully saturated rings. The summed E-state index contributed by atoms with van der Waals surface area (Å²) in [5.74, 6) is 0.644. The van der Waals surface area contributed by atoms with Crippen LogP contribution in [0, 0.1) is 11.7 Å². The minimum absolute atomic E-state index is 0.0378. The summed E-state index contributed by atoms with van der Waals surface area (Å²) in [7, 11) is 0. The molecule has 23 heavy (non-hydrogen) atoms. The first kappa shape index (κ1) is 15.6. The van der Waals surface area contributed by atoms with Crippen LogP contribution in [0.5, 0.6) is 0 Å². The molecule has 0 saturated carbocycles. The van der Waals surface area contributed by atoms with Gasteiger partial charge in [-0.05, 0) is 37.1 Å². The second kappa shape index (κ2) is 6.48. The maximum absolute atomic E-state index is 12.9. The Morgan fingerprint density at radius 3 is 2.48 bits per heavy atom. The van der Waals surface area contributed by atoms with Crippen LogP contribution in [-0.2, 0) is 0 Å². The summed E-state index contributed by atoms with van der Waals surface area (Å²) in [6.45, 7) is 5.44. The van der Waals surface area contributed by atoms with Crippen molar-refractivity contribution in [2.75, 3.05) is 18.0 Å². The van der Waals surface area contributed by atoms with Gasteiger partial charge in [-0.25, -0.2) is 4.39 Å². The van der Waals surface area contributed by atoms with Crippen molar-refractivity contribution in [1.29, 1.82) is 0 Å². The predicted octanol–water partition coefficient (Wildman–Crippen LogP) is 3.43. The third kappa shape index (κ3) is 3.41. The van der Waals surface area contributed by atoms with Gasteiger partial charge >= 0.3 is 6.01 Å². The summed E-state index contributed by atoms with van der Waals surface area (Å²) in [6, 6.07) is 6.29. The summed E-state index contributed by atoms with van der Waals surface area (Å²) >= 11 is 0. The van der Waals surface area contributed by atoms with Gasteiger partial charge in [0.25, 0.3) is 0 Å². The van der Waals surface area contributed by atoms with E-state index < -0.39 is 0 Å². The van der Waals surface area contributed by atoms with Gasteiger partial charge in [-0.1, -0.05) is 19.0 Å². The van der Waals surface area contributed by atoms with Crippen molar-refractivity contribution in [3.63, 3.8) is 0 Å². The van der Waals surface area contributed by atoms with Crippen LogP contribution < -0.4 is 4.90 Å². The van der Waals surface area contributed by atoms with Crippen molar-refractivity contribution >= 4 is 11.8 Å². The van der Waals surface area contributed by atoms with Crippen LogP contribution in [0.3, 0.4) is 0 Å². The molecule has 3 rings (SSSR count). The Labute approximate surface area is 134 Å². The number of Topliss-reactive ketones (excluding diaryl/α,β-unsaturated/α-hetero) is 1. The molecule has 1 saturated heterocycles. The van der Waals surface area contributed by atoms with Crippen LogP contribution in [0.15, 0.2) is 28.8 Å². The molecule has 0 spiro atoms. The maximum atomic E-state index is 12.9. The van der Waals surface area contributed by atoms with E-state index in [9.17, 15) is 9.18 Å². The zero-order valence-corrected chi connectivity index (χ0v) is 13.3. The van der Waals surface area contributed by atoms with E-state index in [4.69, 9.17) is 4.52 Å². The first-order chi connectivity index (χ1) is 11.0. The molecule has 122 valence electrons. The highest BCUT2D eigenvalue weighted by molar-refractivity contribution is 5.97. The Hall–Kier alpha value is -2.24. The molecule has 1 aromatic heterocycles. The number of anilines is 1. The highest BCUT2D eigenvalue weighted by Gasteiger charge is 2.28. The molecular weight excluding hydrogens is 297 g/mol. The van der Waals surface area contributed by atoms with E-state index in [1.54, 1.807) is 12.1 Å². The van der Waals surface area contributed by atoms with Gasteiger partial charge < -0.3 is 9.42 Å². The Kier molecular flexibility index (Phi) is 4.41. The van der Waals surface area contributed by atoms with E-state index >= 15 is 0 Å². The molecule has 0 N–H and O–H groups in total. The second-order valence-corrected chi connectivity index (χ2v) is 6.22. The lowest BCUT2D eigenvalue weighted by Crippen LogP contribution is -2.36. The number of hydrogen-bond donors (Lipinski definition) is 0. The second-order valence-electron chi connectivity index (χ2n) is 6.22. The first-order valence-corrected chi connectivity index (χ1v) is 7.93. The van der Waals surface area contributed by atoms with Crippen molar-refractivity contribution in [2.24, 2.45) is 5.92 Å². The number of carbonyl (C=O) groups is 1. The normalized spacial score (nSPS) is 16.1. The van der Waals surface area contributed by atoms with Gasteiger partial charge in [0, 0.05) is 30.5 Å². The molecule has 0 bridgehead atoms. The van der Waals surface area contributed by atoms with Gasteiger partial charge in [-0.2, -0.15) is 4.98 Å². The highest BCUT2D eigenvalue weighted by Crippen LogP contribution is 2.25. The molecule has 1 aliphatic heterocycles. The lowest BCUT2D eigenvalue weighted by atomic mass is 9.89. The fourth-order valence-electron chi connectivity index (χ4n) is 2.77. The van der Waals surface area contributed by atoms with Gasteiger partial charge in [0.05, 0.1) is 0 Å². The summed E-state index contributed by atoms with van der Waals surface area (Å²) in [5, 5.41) is 3.97. The van der Waals surface area contributed by atoms with Crippen molar-refractivity contribution in [1.82, 2.24) is 10.1 Å². The third-order valence-corrected chi connectivity index (χ3v) is 4.21.